The summed E-state index contributed by atoms with van der Waals surface area (Å²) in [7, 11) is 0. The van der Waals surface area contributed by atoms with Gasteiger partial charge in [-0.1, -0.05) is 30.3 Å². The van der Waals surface area contributed by atoms with Gasteiger partial charge in [0.05, 0.1) is 11.2 Å². The van der Waals surface area contributed by atoms with Crippen LogP contribution in [-0.4, -0.2) is 4.98 Å². The first-order valence-corrected chi connectivity index (χ1v) is 5.80. The molecule has 0 aliphatic rings. The molecule has 1 heterocycles. The topological polar surface area (TPSA) is 50.9 Å². The van der Waals surface area contributed by atoms with Gasteiger partial charge in [0, 0.05) is 23.0 Å². The molecule has 0 saturated heterocycles. The van der Waals surface area contributed by atoms with Crippen LogP contribution < -0.4 is 11.1 Å². The van der Waals surface area contributed by atoms with E-state index in [1.165, 1.54) is 0 Å². The highest BCUT2D eigenvalue weighted by molar-refractivity contribution is 5.98. The Morgan fingerprint density at radius 3 is 2.56 bits per heavy atom. The van der Waals surface area contributed by atoms with Gasteiger partial charge in [-0.3, -0.25) is 4.98 Å². The van der Waals surface area contributed by atoms with Gasteiger partial charge in [-0.15, -0.1) is 0 Å². The number of aromatic nitrogens is 1. The van der Waals surface area contributed by atoms with E-state index in [0.29, 0.717) is 5.69 Å². The van der Waals surface area contributed by atoms with E-state index in [1.54, 1.807) is 6.20 Å². The third-order valence-electron chi connectivity index (χ3n) is 2.86. The molecule has 0 aliphatic heterocycles. The van der Waals surface area contributed by atoms with E-state index in [4.69, 9.17) is 5.73 Å². The second-order valence-corrected chi connectivity index (χ2v) is 4.09. The van der Waals surface area contributed by atoms with Gasteiger partial charge < -0.3 is 11.1 Å². The van der Waals surface area contributed by atoms with Gasteiger partial charge in [-0.2, -0.15) is 0 Å². The Hall–Kier alpha value is -2.55. The third-order valence-corrected chi connectivity index (χ3v) is 2.86. The lowest BCUT2D eigenvalue weighted by molar-refractivity contribution is 1.40. The summed E-state index contributed by atoms with van der Waals surface area (Å²) in [4.78, 5) is 4.32. The van der Waals surface area contributed by atoms with E-state index in [-0.39, 0.29) is 0 Å². The average molecular weight is 235 g/mol. The zero-order valence-corrected chi connectivity index (χ0v) is 9.80. The Bertz CT molecular complexity index is 678. The number of nitrogens with zero attached hydrogens (tertiary/aromatic N) is 1. The lowest BCUT2D eigenvalue weighted by atomic mass is 10.1. The van der Waals surface area contributed by atoms with Gasteiger partial charge in [0.1, 0.15) is 0 Å². The highest BCUT2D eigenvalue weighted by Crippen LogP contribution is 2.27. The lowest BCUT2D eigenvalue weighted by Gasteiger charge is -2.10. The zero-order chi connectivity index (χ0) is 12.4. The molecule has 0 spiro atoms. The molecular formula is C15H13N3. The molecule has 0 unspecified atom stereocenters. The molecule has 1 aromatic heterocycles. The van der Waals surface area contributed by atoms with E-state index >= 15 is 0 Å². The minimum Gasteiger partial charge on any atom is -0.397 e. The second-order valence-electron chi connectivity index (χ2n) is 4.09. The summed E-state index contributed by atoms with van der Waals surface area (Å²) >= 11 is 0. The van der Waals surface area contributed by atoms with Crippen LogP contribution in [0, 0.1) is 0 Å². The Labute approximate surface area is 105 Å². The molecule has 0 amide bonds. The van der Waals surface area contributed by atoms with E-state index < -0.39 is 0 Å². The number of rotatable bonds is 2. The predicted octanol–water partition coefficient (Wildman–Crippen LogP) is 3.56. The number of nitrogens with two attached hydrogens (primary N) is 1. The Morgan fingerprint density at radius 2 is 1.72 bits per heavy atom. The van der Waals surface area contributed by atoms with Crippen molar-refractivity contribution in [1.29, 1.82) is 0 Å². The number of hydrogen-bond acceptors (Lipinski definition) is 3. The fraction of sp³-hybridized carbons (Fsp3) is 0. The van der Waals surface area contributed by atoms with Crippen molar-refractivity contribution in [2.75, 3.05) is 11.1 Å². The summed E-state index contributed by atoms with van der Waals surface area (Å²) in [6.07, 6.45) is 1.77. The van der Waals surface area contributed by atoms with Crippen molar-refractivity contribution in [3.63, 3.8) is 0 Å². The van der Waals surface area contributed by atoms with Gasteiger partial charge in [0.25, 0.3) is 0 Å². The molecule has 0 atom stereocenters. The molecule has 3 aromatic rings. The van der Waals surface area contributed by atoms with Crippen LogP contribution in [-0.2, 0) is 0 Å². The fourth-order valence-electron chi connectivity index (χ4n) is 1.98. The van der Waals surface area contributed by atoms with Crippen LogP contribution in [0.5, 0.6) is 0 Å². The molecule has 0 aliphatic carbocycles. The van der Waals surface area contributed by atoms with Gasteiger partial charge >= 0.3 is 0 Å². The molecule has 3 heteroatoms. The summed E-state index contributed by atoms with van der Waals surface area (Å²) in [5.74, 6) is 0. The maximum Gasteiger partial charge on any atom is 0.0951 e. The van der Waals surface area contributed by atoms with Crippen LogP contribution >= 0.6 is 0 Å². The average Bonchev–Trinajstić information content (AvgIpc) is 2.41. The van der Waals surface area contributed by atoms with Gasteiger partial charge in [0.15, 0.2) is 0 Å². The monoisotopic (exact) mass is 235 g/mol. The van der Waals surface area contributed by atoms with Gasteiger partial charge in [0.2, 0.25) is 0 Å². The van der Waals surface area contributed by atoms with E-state index in [2.05, 4.69) is 10.3 Å². The number of nitrogens with one attached hydrogen (secondary N) is 1. The zero-order valence-electron chi connectivity index (χ0n) is 9.80. The van der Waals surface area contributed by atoms with Crippen molar-refractivity contribution in [1.82, 2.24) is 4.98 Å². The first-order valence-electron chi connectivity index (χ1n) is 5.80. The minimum absolute atomic E-state index is 0.698. The Kier molecular flexibility index (Phi) is 2.57. The summed E-state index contributed by atoms with van der Waals surface area (Å²) in [6, 6.07) is 17.8. The van der Waals surface area contributed by atoms with Gasteiger partial charge in [-0.25, -0.2) is 0 Å². The first-order chi connectivity index (χ1) is 8.84. The molecule has 3 rings (SSSR count). The third kappa shape index (κ3) is 1.86. The van der Waals surface area contributed by atoms with E-state index in [1.807, 2.05) is 54.6 Å². The van der Waals surface area contributed by atoms with Crippen molar-refractivity contribution in [3.05, 3.63) is 60.8 Å². The highest BCUT2D eigenvalue weighted by atomic mass is 14.9. The van der Waals surface area contributed by atoms with Crippen LogP contribution in [0.25, 0.3) is 10.9 Å². The molecule has 0 saturated carbocycles. The Balaban J connectivity index is 2.10. The lowest BCUT2D eigenvalue weighted by Crippen LogP contribution is -1.94. The number of nitrogen functional groups attached to an aromatic ring is 1. The summed E-state index contributed by atoms with van der Waals surface area (Å²) in [5.41, 5.74) is 9.52. The normalized spacial score (nSPS) is 10.4. The van der Waals surface area contributed by atoms with Crippen molar-refractivity contribution in [3.8, 4) is 0 Å². The summed E-state index contributed by atoms with van der Waals surface area (Å²) in [5, 5.41) is 4.41. The number of anilines is 3. The molecule has 18 heavy (non-hydrogen) atoms. The largest absolute Gasteiger partial charge is 0.397 e. The van der Waals surface area contributed by atoms with Crippen molar-refractivity contribution >= 4 is 28.0 Å². The van der Waals surface area contributed by atoms with E-state index in [0.717, 1.165) is 22.3 Å². The molecule has 3 N–H and O–H groups in total. The van der Waals surface area contributed by atoms with Crippen LogP contribution in [0.2, 0.25) is 0 Å². The summed E-state index contributed by atoms with van der Waals surface area (Å²) in [6.45, 7) is 0. The predicted molar refractivity (Wildman–Crippen MR) is 75.9 cm³/mol. The number of hydrogen-bond donors (Lipinski definition) is 2. The quantitative estimate of drug-likeness (QED) is 0.668. The van der Waals surface area contributed by atoms with Crippen molar-refractivity contribution < 1.29 is 0 Å². The van der Waals surface area contributed by atoms with Gasteiger partial charge in [-0.05, 0) is 24.3 Å². The molecule has 0 radical (unpaired) electrons. The molecular weight excluding hydrogens is 222 g/mol. The van der Waals surface area contributed by atoms with Crippen LogP contribution in [0.4, 0.5) is 17.1 Å². The summed E-state index contributed by atoms with van der Waals surface area (Å²) < 4.78 is 0. The van der Waals surface area contributed by atoms with Crippen LogP contribution in [0.15, 0.2) is 60.8 Å². The molecule has 0 fully saturated rings. The van der Waals surface area contributed by atoms with Crippen molar-refractivity contribution in [2.24, 2.45) is 0 Å². The highest BCUT2D eigenvalue weighted by Gasteiger charge is 2.04. The van der Waals surface area contributed by atoms with Crippen LogP contribution in [0.3, 0.4) is 0 Å². The number of fused-ring (bicyclic) bond motifs is 1. The second kappa shape index (κ2) is 4.37. The number of benzene rings is 2. The standard InChI is InChI=1S/C15H13N3/c16-13-8-4-7-12-14(9-10-17-15(12)13)18-11-5-2-1-3-6-11/h1-10H,16H2,(H,17,18). The minimum atomic E-state index is 0.698. The molecule has 3 nitrogen and oxygen atoms in total. The number of para-hydroxylation sites is 2. The Morgan fingerprint density at radius 1 is 0.889 bits per heavy atom. The van der Waals surface area contributed by atoms with Crippen molar-refractivity contribution in [2.45, 2.75) is 0 Å². The van der Waals surface area contributed by atoms with E-state index in [9.17, 15) is 0 Å². The first kappa shape index (κ1) is 10.6. The smallest absolute Gasteiger partial charge is 0.0951 e. The molecule has 88 valence electrons. The SMILES string of the molecule is Nc1cccc2c(Nc3ccccc3)ccnc12. The fourth-order valence-corrected chi connectivity index (χ4v) is 1.98. The molecule has 0 bridgehead atoms. The number of pyridine rings is 1. The molecule has 2 aromatic carbocycles. The maximum absolute atomic E-state index is 5.93. The van der Waals surface area contributed by atoms with Crippen LogP contribution in [0.1, 0.15) is 0 Å². The maximum atomic E-state index is 5.93.